The summed E-state index contributed by atoms with van der Waals surface area (Å²) in [4.78, 5) is 23.4. The van der Waals surface area contributed by atoms with Gasteiger partial charge in [-0.05, 0) is 31.0 Å². The first-order valence-corrected chi connectivity index (χ1v) is 6.37. The van der Waals surface area contributed by atoms with Gasteiger partial charge in [0, 0.05) is 11.3 Å². The number of rotatable bonds is 3. The highest BCUT2D eigenvalue weighted by Gasteiger charge is 2.33. The van der Waals surface area contributed by atoms with Crippen LogP contribution in [0.15, 0.2) is 36.4 Å². The van der Waals surface area contributed by atoms with Gasteiger partial charge in [0.2, 0.25) is 5.91 Å². The van der Waals surface area contributed by atoms with Crippen molar-refractivity contribution in [2.45, 2.75) is 12.8 Å². The van der Waals surface area contributed by atoms with E-state index in [1.807, 2.05) is 12.2 Å². The Bertz CT molecular complexity index is 598. The van der Waals surface area contributed by atoms with Crippen molar-refractivity contribution in [2.75, 3.05) is 5.32 Å². The minimum atomic E-state index is -0.938. The van der Waals surface area contributed by atoms with Crippen LogP contribution in [0.5, 0.6) is 0 Å². The predicted molar refractivity (Wildman–Crippen MR) is 76.0 cm³/mol. The zero-order valence-corrected chi connectivity index (χ0v) is 10.9. The maximum Gasteiger partial charge on any atom is 0.307 e. The number of carbonyl (C=O) groups is 2. The first-order valence-electron chi connectivity index (χ1n) is 6.37. The van der Waals surface area contributed by atoms with Crippen molar-refractivity contribution in [2.24, 2.45) is 11.8 Å². The van der Waals surface area contributed by atoms with Gasteiger partial charge in [0.25, 0.3) is 0 Å². The van der Waals surface area contributed by atoms with Gasteiger partial charge >= 0.3 is 5.97 Å². The van der Waals surface area contributed by atoms with Gasteiger partial charge < -0.3 is 10.4 Å². The number of hydrogen-bond acceptors (Lipinski definition) is 2. The lowest BCUT2D eigenvalue weighted by molar-refractivity contribution is -0.146. The second-order valence-corrected chi connectivity index (χ2v) is 4.71. The number of carboxylic acid groups (broad SMARTS) is 1. The van der Waals surface area contributed by atoms with Crippen LogP contribution in [-0.4, -0.2) is 17.0 Å². The number of carboxylic acids is 1. The maximum absolute atomic E-state index is 12.2. The smallest absolute Gasteiger partial charge is 0.307 e. The molecule has 1 amide bonds. The molecular formula is C16H15NO3. The van der Waals surface area contributed by atoms with Crippen LogP contribution in [0.1, 0.15) is 18.4 Å². The minimum Gasteiger partial charge on any atom is -0.481 e. The molecule has 0 radical (unpaired) electrons. The first kappa shape index (κ1) is 13.9. The highest BCUT2D eigenvalue weighted by Crippen LogP contribution is 2.27. The Morgan fingerprint density at radius 3 is 2.60 bits per heavy atom. The van der Waals surface area contributed by atoms with Crippen LogP contribution in [0.4, 0.5) is 5.69 Å². The summed E-state index contributed by atoms with van der Waals surface area (Å²) in [7, 11) is 0. The molecule has 2 unspecified atom stereocenters. The summed E-state index contributed by atoms with van der Waals surface area (Å²) in [6.45, 7) is 0. The molecule has 1 aromatic rings. The number of anilines is 1. The van der Waals surface area contributed by atoms with Gasteiger partial charge in [-0.2, -0.15) is 0 Å². The van der Waals surface area contributed by atoms with E-state index in [0.29, 0.717) is 24.1 Å². The van der Waals surface area contributed by atoms with Gasteiger partial charge in [-0.15, -0.1) is 6.42 Å². The molecule has 0 spiro atoms. The fourth-order valence-electron chi connectivity index (χ4n) is 2.30. The van der Waals surface area contributed by atoms with Crippen LogP contribution in [-0.2, 0) is 9.59 Å². The summed E-state index contributed by atoms with van der Waals surface area (Å²) in [6, 6.07) is 6.93. The minimum absolute atomic E-state index is 0.282. The molecule has 1 aromatic carbocycles. The van der Waals surface area contributed by atoms with Crippen molar-refractivity contribution in [3.8, 4) is 12.3 Å². The largest absolute Gasteiger partial charge is 0.481 e. The van der Waals surface area contributed by atoms with Crippen molar-refractivity contribution in [1.29, 1.82) is 0 Å². The lowest BCUT2D eigenvalue weighted by Crippen LogP contribution is -2.34. The number of benzene rings is 1. The Balaban J connectivity index is 2.12. The quantitative estimate of drug-likeness (QED) is 0.653. The summed E-state index contributed by atoms with van der Waals surface area (Å²) in [6.07, 6.45) is 9.79. The predicted octanol–water partition coefficient (Wildman–Crippen LogP) is 2.27. The van der Waals surface area contributed by atoms with Crippen molar-refractivity contribution in [3.63, 3.8) is 0 Å². The van der Waals surface area contributed by atoms with E-state index in [2.05, 4.69) is 11.2 Å². The van der Waals surface area contributed by atoms with Gasteiger partial charge in [0.15, 0.2) is 0 Å². The molecule has 4 heteroatoms. The molecule has 1 aliphatic rings. The number of hydrogen-bond donors (Lipinski definition) is 2. The second-order valence-electron chi connectivity index (χ2n) is 4.71. The summed E-state index contributed by atoms with van der Waals surface area (Å²) < 4.78 is 0. The lowest BCUT2D eigenvalue weighted by atomic mass is 9.82. The van der Waals surface area contributed by atoms with E-state index in [4.69, 9.17) is 11.5 Å². The number of carbonyl (C=O) groups excluding carboxylic acids is 1. The Morgan fingerprint density at radius 1 is 1.25 bits per heavy atom. The van der Waals surface area contributed by atoms with E-state index in [1.54, 1.807) is 24.3 Å². The van der Waals surface area contributed by atoms with E-state index in [-0.39, 0.29) is 5.91 Å². The number of allylic oxidation sites excluding steroid dienone is 2. The highest BCUT2D eigenvalue weighted by molar-refractivity contribution is 5.95. The Hall–Kier alpha value is -2.54. The Morgan fingerprint density at radius 2 is 1.95 bits per heavy atom. The van der Waals surface area contributed by atoms with E-state index < -0.39 is 17.8 Å². The summed E-state index contributed by atoms with van der Waals surface area (Å²) in [5.74, 6) is 0.0513. The molecule has 102 valence electrons. The average molecular weight is 269 g/mol. The van der Waals surface area contributed by atoms with Gasteiger partial charge in [0.1, 0.15) is 0 Å². The van der Waals surface area contributed by atoms with Crippen molar-refractivity contribution < 1.29 is 14.7 Å². The third-order valence-corrected chi connectivity index (χ3v) is 3.38. The van der Waals surface area contributed by atoms with Crippen LogP contribution < -0.4 is 5.32 Å². The van der Waals surface area contributed by atoms with Crippen molar-refractivity contribution >= 4 is 17.6 Å². The van der Waals surface area contributed by atoms with Gasteiger partial charge in [-0.1, -0.05) is 24.1 Å². The van der Waals surface area contributed by atoms with E-state index in [1.165, 1.54) is 0 Å². The third-order valence-electron chi connectivity index (χ3n) is 3.38. The topological polar surface area (TPSA) is 66.4 Å². The van der Waals surface area contributed by atoms with Crippen molar-refractivity contribution in [1.82, 2.24) is 0 Å². The SMILES string of the molecule is C#Cc1cccc(NC(=O)C2CC=CCC2C(=O)O)c1. The first-order chi connectivity index (χ1) is 9.61. The molecule has 0 aromatic heterocycles. The number of amides is 1. The molecule has 0 fully saturated rings. The number of terminal acetylenes is 1. The Kier molecular flexibility index (Phi) is 4.21. The monoisotopic (exact) mass is 269 g/mol. The third kappa shape index (κ3) is 3.07. The maximum atomic E-state index is 12.2. The summed E-state index contributed by atoms with van der Waals surface area (Å²) >= 11 is 0. The van der Waals surface area contributed by atoms with E-state index >= 15 is 0 Å². The molecule has 0 saturated carbocycles. The summed E-state index contributed by atoms with van der Waals surface area (Å²) in [5.41, 5.74) is 1.25. The fourth-order valence-corrected chi connectivity index (χ4v) is 2.30. The van der Waals surface area contributed by atoms with Crippen molar-refractivity contribution in [3.05, 3.63) is 42.0 Å². The van der Waals surface area contributed by atoms with Crippen LogP contribution >= 0.6 is 0 Å². The zero-order valence-electron chi connectivity index (χ0n) is 10.9. The van der Waals surface area contributed by atoms with Gasteiger partial charge in [0.05, 0.1) is 11.8 Å². The van der Waals surface area contributed by atoms with Gasteiger partial charge in [-0.3, -0.25) is 9.59 Å². The van der Waals surface area contributed by atoms with Gasteiger partial charge in [-0.25, -0.2) is 0 Å². The molecule has 2 rings (SSSR count). The van der Waals surface area contributed by atoms with Crippen LogP contribution in [0.3, 0.4) is 0 Å². The normalized spacial score (nSPS) is 20.9. The number of nitrogens with one attached hydrogen (secondary N) is 1. The summed E-state index contributed by atoms with van der Waals surface area (Å²) in [5, 5.41) is 11.9. The second kappa shape index (κ2) is 6.07. The molecule has 2 N–H and O–H groups in total. The van der Waals surface area contributed by atoms with E-state index in [0.717, 1.165) is 0 Å². The molecule has 1 aliphatic carbocycles. The molecule has 0 saturated heterocycles. The highest BCUT2D eigenvalue weighted by atomic mass is 16.4. The molecular weight excluding hydrogens is 254 g/mol. The average Bonchev–Trinajstić information content (AvgIpc) is 2.47. The standard InChI is InChI=1S/C16H15NO3/c1-2-11-6-5-7-12(10-11)17-15(18)13-8-3-4-9-14(13)16(19)20/h1,3-7,10,13-14H,8-9H2,(H,17,18)(H,19,20). The molecule has 0 aliphatic heterocycles. The van der Waals surface area contributed by atoms with Crippen LogP contribution in [0.2, 0.25) is 0 Å². The van der Waals surface area contributed by atoms with Crippen LogP contribution in [0, 0.1) is 24.2 Å². The molecule has 2 atom stereocenters. The lowest BCUT2D eigenvalue weighted by Gasteiger charge is -2.24. The number of aliphatic carboxylic acids is 1. The van der Waals surface area contributed by atoms with Crippen LogP contribution in [0.25, 0.3) is 0 Å². The van der Waals surface area contributed by atoms with E-state index in [9.17, 15) is 9.59 Å². The fraction of sp³-hybridized carbons (Fsp3) is 0.250. The Labute approximate surface area is 117 Å². The molecule has 4 nitrogen and oxygen atoms in total. The molecule has 0 heterocycles. The molecule has 0 bridgehead atoms. The zero-order chi connectivity index (χ0) is 14.5. The molecule has 20 heavy (non-hydrogen) atoms.